The van der Waals surface area contributed by atoms with Crippen molar-refractivity contribution in [3.05, 3.63) is 35.0 Å². The molecule has 0 aliphatic heterocycles. The average molecular weight is 263 g/mol. The Morgan fingerprint density at radius 1 is 1.29 bits per heavy atom. The van der Waals surface area contributed by atoms with Crippen LogP contribution in [0.25, 0.3) is 11.3 Å². The molecule has 0 spiro atoms. The maximum absolute atomic E-state index is 12.8. The molecule has 90 valence electrons. The van der Waals surface area contributed by atoms with Crippen LogP contribution in [-0.2, 0) is 6.18 Å². The molecule has 0 radical (unpaired) electrons. The van der Waals surface area contributed by atoms with E-state index in [1.807, 2.05) is 0 Å². The van der Waals surface area contributed by atoms with Crippen LogP contribution in [0, 0.1) is 0 Å². The van der Waals surface area contributed by atoms with Crippen molar-refractivity contribution >= 4 is 17.3 Å². The Labute approximate surface area is 99.0 Å². The van der Waals surface area contributed by atoms with E-state index in [1.165, 1.54) is 12.1 Å². The van der Waals surface area contributed by atoms with Crippen LogP contribution >= 0.6 is 11.6 Å². The molecule has 0 saturated heterocycles. The van der Waals surface area contributed by atoms with E-state index in [9.17, 15) is 13.2 Å². The number of benzene rings is 1. The van der Waals surface area contributed by atoms with Crippen LogP contribution in [0.5, 0.6) is 0 Å². The van der Waals surface area contributed by atoms with Crippen molar-refractivity contribution in [2.75, 3.05) is 5.73 Å². The second-order valence-electron chi connectivity index (χ2n) is 3.30. The molecule has 0 unspecified atom stereocenters. The fraction of sp³-hybridized carbons (Fsp3) is 0.100. The van der Waals surface area contributed by atoms with Crippen molar-refractivity contribution in [2.24, 2.45) is 0 Å². The zero-order chi connectivity index (χ0) is 12.6. The van der Waals surface area contributed by atoms with Gasteiger partial charge >= 0.3 is 6.18 Å². The number of aromatic nitrogens is 1. The number of hydrogen-bond acceptors (Lipinski definition) is 3. The predicted molar refractivity (Wildman–Crippen MR) is 56.4 cm³/mol. The molecule has 0 atom stereocenters. The van der Waals surface area contributed by atoms with Gasteiger partial charge in [0.1, 0.15) is 5.69 Å². The minimum atomic E-state index is -4.54. The van der Waals surface area contributed by atoms with Gasteiger partial charge in [0.05, 0.1) is 11.8 Å². The van der Waals surface area contributed by atoms with E-state index in [-0.39, 0.29) is 22.0 Å². The van der Waals surface area contributed by atoms with Gasteiger partial charge in [-0.25, -0.2) is 0 Å². The molecule has 2 aromatic rings. The molecule has 1 aromatic carbocycles. The van der Waals surface area contributed by atoms with Gasteiger partial charge < -0.3 is 10.3 Å². The number of nitrogens with two attached hydrogens (primary N) is 1. The first-order chi connectivity index (χ1) is 7.89. The zero-order valence-corrected chi connectivity index (χ0v) is 9.01. The number of nitrogens with zero attached hydrogens (tertiary/aromatic N) is 1. The molecule has 3 nitrogen and oxygen atoms in total. The lowest BCUT2D eigenvalue weighted by Crippen LogP contribution is -2.07. The number of rotatable bonds is 1. The highest BCUT2D eigenvalue weighted by Crippen LogP contribution is 2.40. The maximum atomic E-state index is 12.8. The van der Waals surface area contributed by atoms with Gasteiger partial charge in [0.15, 0.2) is 5.76 Å². The Morgan fingerprint density at radius 2 is 2.00 bits per heavy atom. The molecular weight excluding hydrogens is 257 g/mol. The lowest BCUT2D eigenvalue weighted by Gasteiger charge is -2.11. The summed E-state index contributed by atoms with van der Waals surface area (Å²) in [7, 11) is 0. The number of nitrogen functional groups attached to an aromatic ring is 1. The summed E-state index contributed by atoms with van der Waals surface area (Å²) in [5.74, 6) is -0.117. The molecule has 0 aliphatic rings. The molecule has 2 rings (SSSR count). The second kappa shape index (κ2) is 3.96. The van der Waals surface area contributed by atoms with Crippen LogP contribution in [-0.4, -0.2) is 5.16 Å². The number of anilines is 1. The summed E-state index contributed by atoms with van der Waals surface area (Å²) in [5, 5.41) is 3.33. The Balaban J connectivity index is 2.67. The third-order valence-electron chi connectivity index (χ3n) is 2.13. The molecule has 0 bridgehead atoms. The van der Waals surface area contributed by atoms with E-state index < -0.39 is 11.7 Å². The first kappa shape index (κ1) is 11.8. The zero-order valence-electron chi connectivity index (χ0n) is 8.25. The lowest BCUT2D eigenvalue weighted by molar-refractivity contribution is -0.137. The van der Waals surface area contributed by atoms with E-state index in [4.69, 9.17) is 21.9 Å². The van der Waals surface area contributed by atoms with Crippen molar-refractivity contribution < 1.29 is 17.7 Å². The van der Waals surface area contributed by atoms with Gasteiger partial charge in [-0.1, -0.05) is 16.8 Å². The number of halogens is 4. The highest BCUT2D eigenvalue weighted by Gasteiger charge is 2.35. The van der Waals surface area contributed by atoms with Crippen molar-refractivity contribution in [1.82, 2.24) is 5.16 Å². The van der Waals surface area contributed by atoms with Gasteiger partial charge in [-0.2, -0.15) is 13.2 Å². The Kier molecular flexibility index (Phi) is 2.74. The van der Waals surface area contributed by atoms with Gasteiger partial charge in [-0.3, -0.25) is 0 Å². The van der Waals surface area contributed by atoms with E-state index >= 15 is 0 Å². The third-order valence-corrected chi connectivity index (χ3v) is 2.36. The Bertz CT molecular complexity index is 551. The molecule has 0 fully saturated rings. The fourth-order valence-electron chi connectivity index (χ4n) is 1.40. The summed E-state index contributed by atoms with van der Waals surface area (Å²) in [5.41, 5.74) is 4.41. The van der Waals surface area contributed by atoms with Crippen molar-refractivity contribution in [3.63, 3.8) is 0 Å². The van der Waals surface area contributed by atoms with E-state index in [2.05, 4.69) is 5.16 Å². The van der Waals surface area contributed by atoms with Crippen LogP contribution in [0.3, 0.4) is 0 Å². The van der Waals surface area contributed by atoms with Crippen LogP contribution < -0.4 is 5.73 Å². The van der Waals surface area contributed by atoms with Crippen molar-refractivity contribution in [3.8, 4) is 11.3 Å². The number of hydrogen-bond donors (Lipinski definition) is 1. The number of alkyl halides is 3. The van der Waals surface area contributed by atoms with Crippen molar-refractivity contribution in [1.29, 1.82) is 0 Å². The summed E-state index contributed by atoms with van der Waals surface area (Å²) in [6.07, 6.45) is -3.40. The predicted octanol–water partition coefficient (Wildman–Crippen LogP) is 3.60. The summed E-state index contributed by atoms with van der Waals surface area (Å²) in [6.45, 7) is 0. The molecule has 0 amide bonds. The third kappa shape index (κ3) is 2.21. The SMILES string of the molecule is Nc1cnoc1-c1ccc(Cl)cc1C(F)(F)F. The monoisotopic (exact) mass is 262 g/mol. The van der Waals surface area contributed by atoms with Crippen LogP contribution in [0.15, 0.2) is 28.9 Å². The van der Waals surface area contributed by atoms with Crippen LogP contribution in [0.4, 0.5) is 18.9 Å². The van der Waals surface area contributed by atoms with Gasteiger partial charge in [0, 0.05) is 10.6 Å². The van der Waals surface area contributed by atoms with Crippen molar-refractivity contribution in [2.45, 2.75) is 6.18 Å². The normalized spacial score (nSPS) is 11.8. The molecule has 17 heavy (non-hydrogen) atoms. The quantitative estimate of drug-likeness (QED) is 0.854. The van der Waals surface area contributed by atoms with E-state index in [0.29, 0.717) is 0 Å². The van der Waals surface area contributed by atoms with Gasteiger partial charge in [0.25, 0.3) is 0 Å². The highest BCUT2D eigenvalue weighted by atomic mass is 35.5. The Hall–Kier alpha value is -1.69. The van der Waals surface area contributed by atoms with Crippen LogP contribution in [0.2, 0.25) is 5.02 Å². The molecule has 2 N–H and O–H groups in total. The van der Waals surface area contributed by atoms with Gasteiger partial charge in [-0.15, -0.1) is 0 Å². The minimum absolute atomic E-state index is 0.0147. The van der Waals surface area contributed by atoms with Crippen LogP contribution in [0.1, 0.15) is 5.56 Å². The first-order valence-electron chi connectivity index (χ1n) is 4.47. The highest BCUT2D eigenvalue weighted by molar-refractivity contribution is 6.30. The molecule has 0 aliphatic carbocycles. The molecule has 0 saturated carbocycles. The maximum Gasteiger partial charge on any atom is 0.417 e. The minimum Gasteiger partial charge on any atom is -0.394 e. The summed E-state index contributed by atoms with van der Waals surface area (Å²) in [6, 6.07) is 3.34. The molecule has 7 heteroatoms. The average Bonchev–Trinajstić information content (AvgIpc) is 2.63. The molecular formula is C10H6ClF3N2O. The molecule has 1 aromatic heterocycles. The largest absolute Gasteiger partial charge is 0.417 e. The first-order valence-corrected chi connectivity index (χ1v) is 4.84. The van der Waals surface area contributed by atoms with Gasteiger partial charge in [-0.05, 0) is 18.2 Å². The topological polar surface area (TPSA) is 52.0 Å². The lowest BCUT2D eigenvalue weighted by atomic mass is 10.0. The van der Waals surface area contributed by atoms with E-state index in [1.54, 1.807) is 0 Å². The summed E-state index contributed by atoms with van der Waals surface area (Å²) >= 11 is 5.55. The molecule has 1 heterocycles. The Morgan fingerprint density at radius 3 is 2.53 bits per heavy atom. The van der Waals surface area contributed by atoms with Gasteiger partial charge in [0.2, 0.25) is 0 Å². The second-order valence-corrected chi connectivity index (χ2v) is 3.73. The summed E-state index contributed by atoms with van der Waals surface area (Å²) < 4.78 is 43.1. The van der Waals surface area contributed by atoms with E-state index in [0.717, 1.165) is 12.3 Å². The summed E-state index contributed by atoms with van der Waals surface area (Å²) in [4.78, 5) is 0. The smallest absolute Gasteiger partial charge is 0.394 e. The standard InChI is InChI=1S/C10H6ClF3N2O/c11-5-1-2-6(7(3-5)10(12,13)14)9-8(15)4-16-17-9/h1-4H,15H2. The fourth-order valence-corrected chi connectivity index (χ4v) is 1.57.